The summed E-state index contributed by atoms with van der Waals surface area (Å²) in [7, 11) is 0. The van der Waals surface area contributed by atoms with Crippen LogP contribution >= 0.6 is 43.6 Å². The van der Waals surface area contributed by atoms with Gasteiger partial charge in [0, 0.05) is 20.7 Å². The zero-order valence-corrected chi connectivity index (χ0v) is 14.4. The molecular weight excluding hydrogens is 407 g/mol. The molecule has 0 spiro atoms. The molecule has 0 saturated carbocycles. The van der Waals surface area contributed by atoms with Crippen molar-refractivity contribution < 1.29 is 4.39 Å². The van der Waals surface area contributed by atoms with E-state index in [9.17, 15) is 4.39 Å². The van der Waals surface area contributed by atoms with Crippen LogP contribution < -0.4 is 11.3 Å². The predicted molar refractivity (Wildman–Crippen MR) is 89.0 cm³/mol. The van der Waals surface area contributed by atoms with E-state index in [0.717, 1.165) is 9.37 Å². The van der Waals surface area contributed by atoms with Crippen LogP contribution in [0.2, 0.25) is 0 Å². The fourth-order valence-corrected chi connectivity index (χ4v) is 3.71. The largest absolute Gasteiger partial charge is 0.271 e. The van der Waals surface area contributed by atoms with Gasteiger partial charge in [0.15, 0.2) is 0 Å². The smallest absolute Gasteiger partial charge is 0.142 e. The zero-order valence-electron chi connectivity index (χ0n) is 10.4. The van der Waals surface area contributed by atoms with Gasteiger partial charge in [-0.1, -0.05) is 34.1 Å². The number of thioether (sulfide) groups is 1. The summed E-state index contributed by atoms with van der Waals surface area (Å²) >= 11 is 8.25. The molecule has 1 atom stereocenters. The lowest BCUT2D eigenvalue weighted by atomic mass is 10.1. The van der Waals surface area contributed by atoms with Gasteiger partial charge in [-0.15, -0.1) is 11.8 Å². The number of benzene rings is 2. The Morgan fingerprint density at radius 3 is 2.65 bits per heavy atom. The minimum Gasteiger partial charge on any atom is -0.271 e. The molecule has 0 aromatic heterocycles. The van der Waals surface area contributed by atoms with Gasteiger partial charge in [0.25, 0.3) is 0 Å². The van der Waals surface area contributed by atoms with E-state index < -0.39 is 0 Å². The first-order chi connectivity index (χ1) is 9.61. The summed E-state index contributed by atoms with van der Waals surface area (Å²) in [5.41, 5.74) is 3.24. The molecule has 20 heavy (non-hydrogen) atoms. The SMILES string of the molecule is NNC(CSc1cccc(Br)c1)c1cccc(Br)c1F. The fraction of sp³-hybridized carbons (Fsp3) is 0.143. The van der Waals surface area contributed by atoms with Gasteiger partial charge in [0.1, 0.15) is 5.82 Å². The van der Waals surface area contributed by atoms with Crippen LogP contribution in [0, 0.1) is 5.82 Å². The lowest BCUT2D eigenvalue weighted by Crippen LogP contribution is -2.30. The summed E-state index contributed by atoms with van der Waals surface area (Å²) in [6, 6.07) is 12.9. The Kier molecular flexibility index (Phi) is 6.04. The first kappa shape index (κ1) is 16.0. The first-order valence-corrected chi connectivity index (χ1v) is 8.47. The van der Waals surface area contributed by atoms with Crippen LogP contribution in [0.1, 0.15) is 11.6 Å². The Hall–Kier alpha value is -0.400. The number of nitrogens with two attached hydrogens (primary N) is 1. The first-order valence-electron chi connectivity index (χ1n) is 5.90. The summed E-state index contributed by atoms with van der Waals surface area (Å²) in [6.45, 7) is 0. The molecule has 6 heteroatoms. The molecule has 0 aliphatic carbocycles. The Balaban J connectivity index is 2.11. The van der Waals surface area contributed by atoms with Crippen LogP contribution in [0.25, 0.3) is 0 Å². The zero-order chi connectivity index (χ0) is 14.5. The van der Waals surface area contributed by atoms with Crippen LogP contribution in [0.5, 0.6) is 0 Å². The molecule has 0 amide bonds. The van der Waals surface area contributed by atoms with Crippen molar-refractivity contribution in [3.63, 3.8) is 0 Å². The van der Waals surface area contributed by atoms with Crippen molar-refractivity contribution in [3.05, 3.63) is 62.8 Å². The average molecular weight is 420 g/mol. The molecule has 0 bridgehead atoms. The molecule has 0 heterocycles. The predicted octanol–water partition coefficient (Wildman–Crippen LogP) is 4.65. The van der Waals surface area contributed by atoms with Crippen molar-refractivity contribution in [2.24, 2.45) is 5.84 Å². The van der Waals surface area contributed by atoms with Crippen molar-refractivity contribution in [1.82, 2.24) is 5.43 Å². The van der Waals surface area contributed by atoms with Gasteiger partial charge >= 0.3 is 0 Å². The van der Waals surface area contributed by atoms with Crippen LogP contribution in [0.3, 0.4) is 0 Å². The highest BCUT2D eigenvalue weighted by Crippen LogP contribution is 2.29. The number of hydrogen-bond acceptors (Lipinski definition) is 3. The third-order valence-corrected chi connectivity index (χ3v) is 4.96. The molecular formula is C14H13Br2FN2S. The second-order valence-electron chi connectivity index (χ2n) is 4.13. The molecule has 0 fully saturated rings. The summed E-state index contributed by atoms with van der Waals surface area (Å²) in [5, 5.41) is 0. The lowest BCUT2D eigenvalue weighted by Gasteiger charge is -2.17. The molecule has 2 aromatic carbocycles. The van der Waals surface area contributed by atoms with Crippen molar-refractivity contribution in [2.45, 2.75) is 10.9 Å². The molecule has 3 N–H and O–H groups in total. The fourth-order valence-electron chi connectivity index (χ4n) is 1.75. The van der Waals surface area contributed by atoms with E-state index in [1.54, 1.807) is 30.0 Å². The van der Waals surface area contributed by atoms with Gasteiger partial charge in [0.05, 0.1) is 10.5 Å². The van der Waals surface area contributed by atoms with Crippen molar-refractivity contribution in [1.29, 1.82) is 0 Å². The van der Waals surface area contributed by atoms with Gasteiger partial charge in [-0.25, -0.2) is 4.39 Å². The standard InChI is InChI=1S/C14H13Br2FN2S/c15-9-3-1-4-10(7-9)20-8-13(19-18)11-5-2-6-12(16)14(11)17/h1-7,13,19H,8,18H2. The number of nitrogens with one attached hydrogen (secondary N) is 1. The molecule has 1 unspecified atom stereocenters. The van der Waals surface area contributed by atoms with Gasteiger partial charge in [-0.2, -0.15) is 0 Å². The maximum absolute atomic E-state index is 14.1. The highest BCUT2D eigenvalue weighted by Gasteiger charge is 2.16. The Morgan fingerprint density at radius 1 is 1.20 bits per heavy atom. The number of hydrogen-bond donors (Lipinski definition) is 2. The summed E-state index contributed by atoms with van der Waals surface area (Å²) in [5.74, 6) is 5.93. The summed E-state index contributed by atoms with van der Waals surface area (Å²) in [4.78, 5) is 1.11. The number of rotatable bonds is 5. The second kappa shape index (κ2) is 7.56. The molecule has 106 valence electrons. The number of halogens is 3. The minimum atomic E-state index is -0.273. The van der Waals surface area contributed by atoms with Crippen LogP contribution in [-0.2, 0) is 0 Å². The maximum Gasteiger partial charge on any atom is 0.142 e. The summed E-state index contributed by atoms with van der Waals surface area (Å²) < 4.78 is 15.5. The van der Waals surface area contributed by atoms with E-state index in [-0.39, 0.29) is 11.9 Å². The van der Waals surface area contributed by atoms with E-state index >= 15 is 0 Å². The van der Waals surface area contributed by atoms with Gasteiger partial charge in [-0.05, 0) is 40.2 Å². The second-order valence-corrected chi connectivity index (χ2v) is 6.99. The highest BCUT2D eigenvalue weighted by molar-refractivity contribution is 9.10. The topological polar surface area (TPSA) is 38.0 Å². The monoisotopic (exact) mass is 418 g/mol. The maximum atomic E-state index is 14.1. The molecule has 0 saturated heterocycles. The van der Waals surface area contributed by atoms with Gasteiger partial charge < -0.3 is 0 Å². The number of hydrazine groups is 1. The third-order valence-electron chi connectivity index (χ3n) is 2.77. The molecule has 2 rings (SSSR count). The third kappa shape index (κ3) is 4.05. The Labute approximate surface area is 138 Å². The van der Waals surface area contributed by atoms with Crippen LogP contribution in [0.15, 0.2) is 56.3 Å². The lowest BCUT2D eigenvalue weighted by molar-refractivity contribution is 0.543. The van der Waals surface area contributed by atoms with Crippen molar-refractivity contribution in [2.75, 3.05) is 5.75 Å². The van der Waals surface area contributed by atoms with E-state index in [0.29, 0.717) is 15.8 Å². The Bertz CT molecular complexity index is 595. The molecule has 2 aromatic rings. The highest BCUT2D eigenvalue weighted by atomic mass is 79.9. The van der Waals surface area contributed by atoms with Gasteiger partial charge in [0.2, 0.25) is 0 Å². The van der Waals surface area contributed by atoms with E-state index in [1.807, 2.05) is 24.3 Å². The molecule has 0 radical (unpaired) electrons. The van der Waals surface area contributed by atoms with Crippen molar-refractivity contribution >= 4 is 43.6 Å². The minimum absolute atomic E-state index is 0.253. The molecule has 2 nitrogen and oxygen atoms in total. The van der Waals surface area contributed by atoms with Crippen molar-refractivity contribution in [3.8, 4) is 0 Å². The Morgan fingerprint density at radius 2 is 1.95 bits per heavy atom. The van der Waals surface area contributed by atoms with Gasteiger partial charge in [-0.3, -0.25) is 11.3 Å². The van der Waals surface area contributed by atoms with Crippen LogP contribution in [-0.4, -0.2) is 5.75 Å². The van der Waals surface area contributed by atoms with E-state index in [2.05, 4.69) is 37.3 Å². The van der Waals surface area contributed by atoms with Crippen LogP contribution in [0.4, 0.5) is 4.39 Å². The quantitative estimate of drug-likeness (QED) is 0.421. The normalized spacial score (nSPS) is 12.4. The van der Waals surface area contributed by atoms with E-state index in [4.69, 9.17) is 5.84 Å². The molecule has 0 aliphatic rings. The summed E-state index contributed by atoms with van der Waals surface area (Å²) in [6.07, 6.45) is 0. The molecule has 0 aliphatic heterocycles. The van der Waals surface area contributed by atoms with E-state index in [1.165, 1.54) is 0 Å². The average Bonchev–Trinajstić information content (AvgIpc) is 2.44.